The van der Waals surface area contributed by atoms with Gasteiger partial charge in [-0.1, -0.05) is 18.2 Å². The van der Waals surface area contributed by atoms with E-state index in [0.717, 1.165) is 48.6 Å². The number of H-pyrrole nitrogens is 1. The molecule has 0 saturated carbocycles. The van der Waals surface area contributed by atoms with Crippen LogP contribution in [0.3, 0.4) is 0 Å². The van der Waals surface area contributed by atoms with Gasteiger partial charge in [-0.2, -0.15) is 36.4 Å². The van der Waals surface area contributed by atoms with Crippen LogP contribution in [0.5, 0.6) is 0 Å². The molecule has 2 heterocycles. The largest absolute Gasteiger partial charge is 2.00 e. The fourth-order valence-corrected chi connectivity index (χ4v) is 4.10. The first-order valence-electron chi connectivity index (χ1n) is 10.9. The summed E-state index contributed by atoms with van der Waals surface area (Å²) in [5, 5.41) is 0. The molecule has 0 radical (unpaired) electrons. The Kier molecular flexibility index (Phi) is 7.28. The Morgan fingerprint density at radius 2 is 1.55 bits per heavy atom. The number of para-hydroxylation sites is 1. The van der Waals surface area contributed by atoms with Crippen molar-refractivity contribution in [2.24, 2.45) is 0 Å². The van der Waals surface area contributed by atoms with Gasteiger partial charge in [0.05, 0.1) is 22.5 Å². The van der Waals surface area contributed by atoms with E-state index in [0.29, 0.717) is 5.69 Å². The van der Waals surface area contributed by atoms with Gasteiger partial charge in [0.15, 0.2) is 0 Å². The number of hydrogen-bond acceptors (Lipinski definition) is 3. The quantitative estimate of drug-likeness (QED) is 0.261. The van der Waals surface area contributed by atoms with Crippen LogP contribution in [0.1, 0.15) is 0 Å². The zero-order valence-corrected chi connectivity index (χ0v) is 19.2. The van der Waals surface area contributed by atoms with Crippen molar-refractivity contribution in [2.45, 2.75) is 0 Å². The van der Waals surface area contributed by atoms with Crippen LogP contribution in [0.2, 0.25) is 0 Å². The number of benzene rings is 2. The molecular formula is C27H25FFeN4. The topological polar surface area (TPSA) is 35.2 Å². The molecule has 6 heteroatoms. The molecule has 0 aliphatic carbocycles. The predicted molar refractivity (Wildman–Crippen MR) is 130 cm³/mol. The van der Waals surface area contributed by atoms with Gasteiger partial charge in [0, 0.05) is 37.9 Å². The normalized spacial score (nSPS) is 13.4. The van der Waals surface area contributed by atoms with E-state index in [2.05, 4.69) is 44.0 Å². The van der Waals surface area contributed by atoms with Gasteiger partial charge in [0.25, 0.3) is 0 Å². The van der Waals surface area contributed by atoms with Crippen molar-refractivity contribution in [1.29, 1.82) is 0 Å². The number of anilines is 2. The third kappa shape index (κ3) is 5.19. The van der Waals surface area contributed by atoms with Crippen molar-refractivity contribution in [3.05, 3.63) is 103 Å². The Hall–Kier alpha value is -3.34. The van der Waals surface area contributed by atoms with Gasteiger partial charge in [0.2, 0.25) is 0 Å². The molecule has 4 nitrogen and oxygen atoms in total. The molecule has 1 aliphatic heterocycles. The van der Waals surface area contributed by atoms with E-state index >= 15 is 0 Å². The minimum absolute atomic E-state index is 0. The molecule has 4 aromatic carbocycles. The number of rotatable bonds is 3. The first-order valence-corrected chi connectivity index (χ1v) is 10.9. The SMILES string of the molecule is Fc1cc2[nH]c(-c3ccc[cH-]3)nc2cc1N1CCN(c2ccccc2)CC1.[Fe+2].c1cc[cH-]c1. The molecule has 0 unspecified atom stereocenters. The summed E-state index contributed by atoms with van der Waals surface area (Å²) >= 11 is 0. The van der Waals surface area contributed by atoms with Crippen LogP contribution in [0, 0.1) is 5.82 Å². The average Bonchev–Trinajstić information content (AvgIpc) is 3.62. The Morgan fingerprint density at radius 1 is 0.818 bits per heavy atom. The number of nitrogens with one attached hydrogen (secondary N) is 1. The Bertz CT molecular complexity index is 1220. The van der Waals surface area contributed by atoms with Crippen molar-refractivity contribution >= 4 is 22.4 Å². The molecule has 1 fully saturated rings. The van der Waals surface area contributed by atoms with E-state index in [9.17, 15) is 4.39 Å². The van der Waals surface area contributed by atoms with Gasteiger partial charge in [-0.05, 0) is 18.2 Å². The smallest absolute Gasteiger partial charge is 0.378 e. The summed E-state index contributed by atoms with van der Waals surface area (Å²) < 4.78 is 14.8. The molecule has 6 rings (SSSR count). The summed E-state index contributed by atoms with van der Waals surface area (Å²) in [5.74, 6) is 0.578. The summed E-state index contributed by atoms with van der Waals surface area (Å²) in [6, 6.07) is 31.7. The number of fused-ring (bicyclic) bond motifs is 1. The molecule has 0 spiro atoms. The first-order chi connectivity index (χ1) is 15.8. The molecule has 33 heavy (non-hydrogen) atoms. The minimum Gasteiger partial charge on any atom is -0.378 e. The maximum atomic E-state index is 14.8. The van der Waals surface area contributed by atoms with Crippen molar-refractivity contribution < 1.29 is 21.5 Å². The van der Waals surface area contributed by atoms with E-state index in [1.807, 2.05) is 66.7 Å². The molecule has 5 aromatic rings. The summed E-state index contributed by atoms with van der Waals surface area (Å²) in [6.45, 7) is 3.33. The Balaban J connectivity index is 0.000000385. The molecular weight excluding hydrogens is 455 g/mol. The van der Waals surface area contributed by atoms with Gasteiger partial charge in [-0.3, -0.25) is 4.98 Å². The number of aromatic nitrogens is 2. The summed E-state index contributed by atoms with van der Waals surface area (Å²) in [5.41, 5.74) is 4.41. The van der Waals surface area contributed by atoms with Crippen LogP contribution in [0.15, 0.2) is 97.1 Å². The second-order valence-electron chi connectivity index (χ2n) is 7.85. The van der Waals surface area contributed by atoms with Gasteiger partial charge in [-0.15, -0.1) is 11.6 Å². The average molecular weight is 480 g/mol. The van der Waals surface area contributed by atoms with Crippen molar-refractivity contribution in [1.82, 2.24) is 9.97 Å². The Morgan fingerprint density at radius 3 is 2.18 bits per heavy atom. The van der Waals surface area contributed by atoms with Crippen LogP contribution >= 0.6 is 0 Å². The van der Waals surface area contributed by atoms with Crippen LogP contribution < -0.4 is 9.80 Å². The zero-order chi connectivity index (χ0) is 21.8. The first kappa shape index (κ1) is 22.8. The molecule has 168 valence electrons. The fourth-order valence-electron chi connectivity index (χ4n) is 4.10. The molecule has 1 saturated heterocycles. The van der Waals surface area contributed by atoms with E-state index in [1.165, 1.54) is 5.69 Å². The van der Waals surface area contributed by atoms with Crippen molar-refractivity contribution in [3.8, 4) is 11.4 Å². The number of aromatic amines is 1. The van der Waals surface area contributed by atoms with Gasteiger partial charge < -0.3 is 14.8 Å². The molecule has 1 aliphatic rings. The van der Waals surface area contributed by atoms with Crippen LogP contribution in [0.25, 0.3) is 22.4 Å². The van der Waals surface area contributed by atoms with Crippen LogP contribution in [-0.2, 0) is 17.1 Å². The van der Waals surface area contributed by atoms with Crippen LogP contribution in [0.4, 0.5) is 15.8 Å². The number of imidazole rings is 1. The second kappa shape index (κ2) is 10.5. The molecule has 0 bridgehead atoms. The maximum Gasteiger partial charge on any atom is 2.00 e. The fraction of sp³-hybridized carbons (Fsp3) is 0.148. The molecule has 0 amide bonds. The number of nitrogens with zero attached hydrogens (tertiary/aromatic N) is 3. The Labute approximate surface area is 203 Å². The standard InChI is InChI=1S/C22H20FN4.C5H5.Fe/c23-18-14-19-20(25-22(24-19)16-6-4-5-7-16)15-21(18)27-12-10-26(11-13-27)17-8-2-1-3-9-17;1-2-4-5-3-1;/h1-9,14-15H,10-13H2,(H,24,25);1-5H;/q2*-1;+2. The minimum atomic E-state index is -0.201. The number of piperazine rings is 1. The molecule has 1 aromatic heterocycles. The third-order valence-corrected chi connectivity index (χ3v) is 5.78. The van der Waals surface area contributed by atoms with Gasteiger partial charge in [-0.25, -0.2) is 16.5 Å². The van der Waals surface area contributed by atoms with Gasteiger partial charge in [0.1, 0.15) is 5.82 Å². The van der Waals surface area contributed by atoms with E-state index in [1.54, 1.807) is 6.07 Å². The molecule has 1 N–H and O–H groups in total. The second-order valence-corrected chi connectivity index (χ2v) is 7.85. The zero-order valence-electron chi connectivity index (χ0n) is 18.1. The van der Waals surface area contributed by atoms with E-state index in [-0.39, 0.29) is 22.9 Å². The van der Waals surface area contributed by atoms with Crippen molar-refractivity contribution in [2.75, 3.05) is 36.0 Å². The van der Waals surface area contributed by atoms with Gasteiger partial charge >= 0.3 is 17.1 Å². The monoisotopic (exact) mass is 480 g/mol. The van der Waals surface area contributed by atoms with Crippen molar-refractivity contribution in [3.63, 3.8) is 0 Å². The third-order valence-electron chi connectivity index (χ3n) is 5.78. The summed E-state index contributed by atoms with van der Waals surface area (Å²) in [6.07, 6.45) is 0. The molecule has 0 atom stereocenters. The number of hydrogen-bond donors (Lipinski definition) is 1. The van der Waals surface area contributed by atoms with Crippen LogP contribution in [-0.4, -0.2) is 36.1 Å². The summed E-state index contributed by atoms with van der Waals surface area (Å²) in [4.78, 5) is 12.3. The predicted octanol–water partition coefficient (Wildman–Crippen LogP) is 5.82. The number of halogens is 1. The summed E-state index contributed by atoms with van der Waals surface area (Å²) in [7, 11) is 0. The van der Waals surface area contributed by atoms with E-state index < -0.39 is 0 Å². The van der Waals surface area contributed by atoms with E-state index in [4.69, 9.17) is 0 Å². The maximum absolute atomic E-state index is 14.8.